The van der Waals surface area contributed by atoms with Crippen molar-refractivity contribution in [3.05, 3.63) is 35.9 Å². The van der Waals surface area contributed by atoms with Crippen molar-refractivity contribution in [2.24, 2.45) is 0 Å². The number of likely N-dealkylation sites (N-methyl/N-ethyl adjacent to an activating group) is 1. The quantitative estimate of drug-likeness (QED) is 0.777. The predicted molar refractivity (Wildman–Crippen MR) is 89.1 cm³/mol. The predicted octanol–water partition coefficient (Wildman–Crippen LogP) is 2.02. The Balaban J connectivity index is 2.01. The van der Waals surface area contributed by atoms with E-state index >= 15 is 0 Å². The van der Waals surface area contributed by atoms with Crippen molar-refractivity contribution >= 4 is 17.8 Å². The summed E-state index contributed by atoms with van der Waals surface area (Å²) >= 11 is 0. The number of nitrogens with zero attached hydrogens (tertiary/aromatic N) is 3. The number of hydrogen-bond donors (Lipinski definition) is 0. The lowest BCUT2D eigenvalue weighted by Gasteiger charge is -2.30. The molecule has 0 spiro atoms. The molecule has 6 nitrogen and oxygen atoms in total. The SMILES string of the molecule is CCN(CC)C(=O)[C@H](c1ccccc1)N1C(=O)[C@@H]2CCCN2C1=O. The molecule has 2 atom stereocenters. The molecule has 2 saturated heterocycles. The topological polar surface area (TPSA) is 60.9 Å². The van der Waals surface area contributed by atoms with E-state index in [1.165, 1.54) is 4.90 Å². The van der Waals surface area contributed by atoms with E-state index < -0.39 is 12.1 Å². The molecule has 128 valence electrons. The lowest BCUT2D eigenvalue weighted by atomic mass is 10.0. The summed E-state index contributed by atoms with van der Waals surface area (Å²) in [5, 5.41) is 0. The molecule has 24 heavy (non-hydrogen) atoms. The Hall–Kier alpha value is -2.37. The number of rotatable bonds is 5. The van der Waals surface area contributed by atoms with Crippen LogP contribution in [0.25, 0.3) is 0 Å². The highest BCUT2D eigenvalue weighted by molar-refractivity contribution is 6.08. The fourth-order valence-corrected chi connectivity index (χ4v) is 3.63. The summed E-state index contributed by atoms with van der Waals surface area (Å²) in [7, 11) is 0. The summed E-state index contributed by atoms with van der Waals surface area (Å²) < 4.78 is 0. The minimum absolute atomic E-state index is 0.200. The fourth-order valence-electron chi connectivity index (χ4n) is 3.63. The highest BCUT2D eigenvalue weighted by atomic mass is 16.2. The first-order valence-corrected chi connectivity index (χ1v) is 8.57. The summed E-state index contributed by atoms with van der Waals surface area (Å²) in [6, 6.07) is 7.50. The van der Waals surface area contributed by atoms with E-state index in [9.17, 15) is 14.4 Å². The lowest BCUT2D eigenvalue weighted by molar-refractivity contribution is -0.142. The Morgan fingerprint density at radius 3 is 2.46 bits per heavy atom. The van der Waals surface area contributed by atoms with E-state index in [-0.39, 0.29) is 17.8 Å². The molecule has 0 bridgehead atoms. The zero-order chi connectivity index (χ0) is 17.3. The van der Waals surface area contributed by atoms with Gasteiger partial charge >= 0.3 is 6.03 Å². The van der Waals surface area contributed by atoms with Gasteiger partial charge in [-0.25, -0.2) is 9.69 Å². The number of amides is 4. The zero-order valence-electron chi connectivity index (χ0n) is 14.1. The number of urea groups is 1. The molecule has 1 aromatic rings. The summed E-state index contributed by atoms with van der Waals surface area (Å²) in [6.45, 7) is 5.47. The fraction of sp³-hybridized carbons (Fsp3) is 0.500. The molecule has 2 fully saturated rings. The molecule has 0 radical (unpaired) electrons. The number of imide groups is 1. The molecular weight excluding hydrogens is 306 g/mol. The monoisotopic (exact) mass is 329 g/mol. The highest BCUT2D eigenvalue weighted by Crippen LogP contribution is 2.34. The Morgan fingerprint density at radius 1 is 1.21 bits per heavy atom. The second kappa shape index (κ2) is 6.63. The number of fused-ring (bicyclic) bond motifs is 1. The molecule has 0 unspecified atom stereocenters. The Labute approximate surface area is 142 Å². The summed E-state index contributed by atoms with van der Waals surface area (Å²) in [4.78, 5) is 43.1. The van der Waals surface area contributed by atoms with Crippen LogP contribution in [0.3, 0.4) is 0 Å². The largest absolute Gasteiger partial charge is 0.341 e. The maximum atomic E-state index is 13.1. The highest BCUT2D eigenvalue weighted by Gasteiger charge is 2.52. The molecule has 3 rings (SSSR count). The van der Waals surface area contributed by atoms with Gasteiger partial charge < -0.3 is 9.80 Å². The third-order valence-electron chi connectivity index (χ3n) is 4.91. The van der Waals surface area contributed by atoms with Crippen molar-refractivity contribution in [3.63, 3.8) is 0 Å². The van der Waals surface area contributed by atoms with Gasteiger partial charge in [0.05, 0.1) is 0 Å². The average Bonchev–Trinajstić information content (AvgIpc) is 3.17. The van der Waals surface area contributed by atoms with Crippen LogP contribution in [0.15, 0.2) is 30.3 Å². The van der Waals surface area contributed by atoms with Gasteiger partial charge in [-0.2, -0.15) is 0 Å². The number of carbonyl (C=O) groups is 3. The number of benzene rings is 1. The second-order valence-corrected chi connectivity index (χ2v) is 6.17. The van der Waals surface area contributed by atoms with Gasteiger partial charge in [-0.1, -0.05) is 30.3 Å². The van der Waals surface area contributed by atoms with Gasteiger partial charge in [0.2, 0.25) is 0 Å². The third kappa shape index (κ3) is 2.56. The lowest BCUT2D eigenvalue weighted by Crippen LogP contribution is -2.46. The minimum atomic E-state index is -0.878. The van der Waals surface area contributed by atoms with Gasteiger partial charge in [0.1, 0.15) is 12.1 Å². The summed E-state index contributed by atoms with van der Waals surface area (Å²) in [5.74, 6) is -0.444. The zero-order valence-corrected chi connectivity index (χ0v) is 14.1. The number of carbonyl (C=O) groups excluding carboxylic acids is 3. The second-order valence-electron chi connectivity index (χ2n) is 6.17. The van der Waals surface area contributed by atoms with Crippen molar-refractivity contribution in [1.29, 1.82) is 0 Å². The van der Waals surface area contributed by atoms with Crippen LogP contribution in [0, 0.1) is 0 Å². The van der Waals surface area contributed by atoms with E-state index in [1.807, 2.05) is 32.0 Å². The maximum absolute atomic E-state index is 13.1. The summed E-state index contributed by atoms with van der Waals surface area (Å²) in [6.07, 6.45) is 1.53. The van der Waals surface area contributed by atoms with Crippen LogP contribution < -0.4 is 0 Å². The summed E-state index contributed by atoms with van der Waals surface area (Å²) in [5.41, 5.74) is 0.678. The van der Waals surface area contributed by atoms with Gasteiger partial charge in [-0.15, -0.1) is 0 Å². The van der Waals surface area contributed by atoms with E-state index in [0.29, 0.717) is 31.6 Å². The van der Waals surface area contributed by atoms with Crippen molar-refractivity contribution in [2.75, 3.05) is 19.6 Å². The molecule has 2 heterocycles. The normalized spacial score (nSPS) is 21.2. The Morgan fingerprint density at radius 2 is 1.88 bits per heavy atom. The smallest absolute Gasteiger partial charge is 0.328 e. The van der Waals surface area contributed by atoms with Crippen LogP contribution in [-0.2, 0) is 9.59 Å². The van der Waals surface area contributed by atoms with Crippen LogP contribution >= 0.6 is 0 Å². The molecule has 0 aliphatic carbocycles. The van der Waals surface area contributed by atoms with Crippen LogP contribution in [-0.4, -0.2) is 58.2 Å². The van der Waals surface area contributed by atoms with Gasteiger partial charge in [-0.05, 0) is 32.3 Å². The van der Waals surface area contributed by atoms with Crippen molar-refractivity contribution in [3.8, 4) is 0 Å². The van der Waals surface area contributed by atoms with Gasteiger partial charge in [0, 0.05) is 19.6 Å². The molecule has 0 aromatic heterocycles. The van der Waals surface area contributed by atoms with Gasteiger partial charge in [0.15, 0.2) is 0 Å². The molecule has 6 heteroatoms. The van der Waals surface area contributed by atoms with E-state index in [1.54, 1.807) is 21.9 Å². The molecule has 1 aromatic carbocycles. The molecule has 0 saturated carbocycles. The van der Waals surface area contributed by atoms with E-state index in [2.05, 4.69) is 0 Å². The van der Waals surface area contributed by atoms with Crippen LogP contribution in [0.4, 0.5) is 4.79 Å². The van der Waals surface area contributed by atoms with E-state index in [0.717, 1.165) is 6.42 Å². The van der Waals surface area contributed by atoms with Crippen molar-refractivity contribution < 1.29 is 14.4 Å². The van der Waals surface area contributed by atoms with E-state index in [4.69, 9.17) is 0 Å². The molecule has 2 aliphatic rings. The van der Waals surface area contributed by atoms with Gasteiger partial charge in [-0.3, -0.25) is 9.59 Å². The van der Waals surface area contributed by atoms with Crippen LogP contribution in [0.1, 0.15) is 38.3 Å². The molecule has 2 aliphatic heterocycles. The number of hydrogen-bond acceptors (Lipinski definition) is 3. The molecule has 4 amide bonds. The van der Waals surface area contributed by atoms with Gasteiger partial charge in [0.25, 0.3) is 11.8 Å². The minimum Gasteiger partial charge on any atom is -0.341 e. The first-order chi connectivity index (χ1) is 11.6. The van der Waals surface area contributed by atoms with Crippen LogP contribution in [0.5, 0.6) is 0 Å². The third-order valence-corrected chi connectivity index (χ3v) is 4.91. The maximum Gasteiger partial charge on any atom is 0.328 e. The Bertz CT molecular complexity index is 620. The first-order valence-electron chi connectivity index (χ1n) is 8.57. The van der Waals surface area contributed by atoms with Crippen molar-refractivity contribution in [2.45, 2.75) is 38.8 Å². The van der Waals surface area contributed by atoms with Crippen LogP contribution in [0.2, 0.25) is 0 Å². The molecule has 0 N–H and O–H groups in total. The molecular formula is C18H23N3O3. The first kappa shape index (κ1) is 16.5. The Kier molecular flexibility index (Phi) is 4.55. The average molecular weight is 329 g/mol. The standard InChI is InChI=1S/C18H23N3O3/c1-3-19(4-2)17(23)15(13-9-6-5-7-10-13)21-16(22)14-11-8-12-20(14)18(21)24/h5-7,9-10,14-15H,3-4,8,11-12H2,1-2H3/t14-,15-/m0/s1. The van der Waals surface area contributed by atoms with Crippen molar-refractivity contribution in [1.82, 2.24) is 14.7 Å².